The number of aromatic nitrogens is 2. The Kier molecular flexibility index (Phi) is 5.29. The average Bonchev–Trinajstić information content (AvgIpc) is 2.75. The first-order chi connectivity index (χ1) is 9.87. The third-order valence-electron chi connectivity index (χ3n) is 2.75. The van der Waals surface area contributed by atoms with E-state index in [2.05, 4.69) is 9.97 Å². The smallest absolute Gasteiger partial charge is 0.340 e. The average molecular weight is 358 g/mol. The highest BCUT2D eigenvalue weighted by atomic mass is 31.2. The van der Waals surface area contributed by atoms with Gasteiger partial charge in [0.2, 0.25) is 0 Å². The minimum atomic E-state index is -5.46. The van der Waals surface area contributed by atoms with E-state index in [1.165, 1.54) is 0 Å². The zero-order valence-electron chi connectivity index (χ0n) is 10.5. The van der Waals surface area contributed by atoms with E-state index in [9.17, 15) is 18.7 Å². The minimum absolute atomic E-state index is 0.577. The number of H-pyrrole nitrogens is 1. The van der Waals surface area contributed by atoms with Crippen molar-refractivity contribution >= 4 is 27.1 Å². The Morgan fingerprint density at radius 3 is 1.64 bits per heavy atom. The highest BCUT2D eigenvalue weighted by molar-refractivity contribution is 7.55. The molecule has 0 aliphatic rings. The molecule has 0 saturated carbocycles. The van der Waals surface area contributed by atoms with Gasteiger partial charge in [-0.1, -0.05) is 0 Å². The van der Waals surface area contributed by atoms with E-state index in [1.807, 2.05) is 0 Å². The fourth-order valence-corrected chi connectivity index (χ4v) is 4.12. The first-order valence-corrected chi connectivity index (χ1v) is 8.79. The highest BCUT2D eigenvalue weighted by Gasteiger charge is 2.55. The van der Waals surface area contributed by atoms with Gasteiger partial charge in [-0.3, -0.25) is 18.7 Å². The molecule has 1 aromatic rings. The van der Waals surface area contributed by atoms with Gasteiger partial charge >= 0.3 is 27.1 Å². The van der Waals surface area contributed by atoms with Crippen molar-refractivity contribution < 1.29 is 48.5 Å². The van der Waals surface area contributed by atoms with Gasteiger partial charge in [0.25, 0.3) is 0 Å². The van der Waals surface area contributed by atoms with E-state index in [4.69, 9.17) is 29.8 Å². The highest BCUT2D eigenvalue weighted by Crippen LogP contribution is 2.56. The summed E-state index contributed by atoms with van der Waals surface area (Å²) in [6, 6.07) is 0. The lowest BCUT2D eigenvalue weighted by molar-refractivity contribution is -0.139. The number of rotatable bonds is 7. The van der Waals surface area contributed by atoms with E-state index in [-0.39, 0.29) is 0 Å². The van der Waals surface area contributed by atoms with Crippen molar-refractivity contribution in [3.63, 3.8) is 0 Å². The van der Waals surface area contributed by atoms with Crippen LogP contribution >= 0.6 is 15.2 Å². The standard InChI is InChI=1S/C8H12N2O10P2/c11-7(12)4(21(15,16)17)3(6-9-1-2-10-6)5(8(13)14)22(18,19)20/h1-5H,(H,9,10)(H,11,12)(H,13,14)(H2,15,16,17)(H2,18,19,20). The van der Waals surface area contributed by atoms with Crippen LogP contribution in [0.25, 0.3) is 0 Å². The summed E-state index contributed by atoms with van der Waals surface area (Å²) in [5, 5.41) is 18.0. The van der Waals surface area contributed by atoms with E-state index >= 15 is 0 Å². The second-order valence-corrected chi connectivity index (χ2v) is 7.71. The van der Waals surface area contributed by atoms with Crippen LogP contribution in [-0.2, 0) is 18.7 Å². The second kappa shape index (κ2) is 6.29. The van der Waals surface area contributed by atoms with Crippen molar-refractivity contribution in [2.45, 2.75) is 17.2 Å². The Hall–Kier alpha value is -1.55. The van der Waals surface area contributed by atoms with Gasteiger partial charge in [-0.2, -0.15) is 0 Å². The molecule has 0 fully saturated rings. The summed E-state index contributed by atoms with van der Waals surface area (Å²) >= 11 is 0. The molecular formula is C8H12N2O10P2. The Morgan fingerprint density at radius 1 is 1.00 bits per heavy atom. The third-order valence-corrected chi connectivity index (χ3v) is 5.28. The van der Waals surface area contributed by atoms with Gasteiger partial charge in [0.15, 0.2) is 11.3 Å². The Morgan fingerprint density at radius 2 is 1.41 bits per heavy atom. The lowest BCUT2D eigenvalue weighted by Crippen LogP contribution is -2.40. The summed E-state index contributed by atoms with van der Waals surface area (Å²) in [4.78, 5) is 64.6. The largest absolute Gasteiger partial charge is 0.481 e. The summed E-state index contributed by atoms with van der Waals surface area (Å²) in [7, 11) is -10.9. The SMILES string of the molecule is O=C(O)C(C(c1ncc[nH]1)C(C(=O)O)P(=O)(O)O)P(=O)(O)O. The van der Waals surface area contributed by atoms with Crippen LogP contribution in [0.5, 0.6) is 0 Å². The second-order valence-electron chi connectivity index (χ2n) is 4.24. The molecule has 1 rings (SSSR count). The number of nitrogens with one attached hydrogen (secondary N) is 1. The molecule has 0 aliphatic carbocycles. The molecule has 12 nitrogen and oxygen atoms in total. The Balaban J connectivity index is 3.61. The van der Waals surface area contributed by atoms with Crippen LogP contribution < -0.4 is 0 Å². The number of carbonyl (C=O) groups is 2. The van der Waals surface area contributed by atoms with Crippen LogP contribution in [0.15, 0.2) is 12.4 Å². The number of hydrogen-bond acceptors (Lipinski definition) is 5. The van der Waals surface area contributed by atoms with Crippen molar-refractivity contribution in [1.82, 2.24) is 9.97 Å². The fourth-order valence-electron chi connectivity index (χ4n) is 1.94. The van der Waals surface area contributed by atoms with Crippen molar-refractivity contribution in [2.24, 2.45) is 0 Å². The molecule has 22 heavy (non-hydrogen) atoms. The Labute approximate surface area is 122 Å². The zero-order valence-corrected chi connectivity index (χ0v) is 12.3. The van der Waals surface area contributed by atoms with Crippen LogP contribution in [0, 0.1) is 0 Å². The summed E-state index contributed by atoms with van der Waals surface area (Å²) < 4.78 is 22.8. The molecule has 0 aromatic carbocycles. The van der Waals surface area contributed by atoms with Crippen LogP contribution in [0.4, 0.5) is 0 Å². The first kappa shape index (κ1) is 18.5. The predicted octanol–water partition coefficient (Wildman–Crippen LogP) is -1.24. The molecular weight excluding hydrogens is 346 g/mol. The van der Waals surface area contributed by atoms with Gasteiger partial charge in [0.05, 0.1) is 5.92 Å². The lowest BCUT2D eigenvalue weighted by atomic mass is 9.99. The van der Waals surface area contributed by atoms with E-state index in [0.717, 1.165) is 12.4 Å². The van der Waals surface area contributed by atoms with Gasteiger partial charge in [-0.25, -0.2) is 4.98 Å². The molecule has 0 saturated heterocycles. The quantitative estimate of drug-likeness (QED) is 0.286. The molecule has 0 bridgehead atoms. The molecule has 2 atom stereocenters. The molecule has 0 spiro atoms. The normalized spacial score (nSPS) is 16.7. The number of carboxylic acid groups (broad SMARTS) is 2. The maximum atomic E-state index is 11.4. The summed E-state index contributed by atoms with van der Waals surface area (Å²) in [6.07, 6.45) is 2.10. The van der Waals surface area contributed by atoms with Crippen LogP contribution in [0.1, 0.15) is 11.7 Å². The van der Waals surface area contributed by atoms with Gasteiger partial charge in [0, 0.05) is 12.4 Å². The van der Waals surface area contributed by atoms with Crippen molar-refractivity contribution in [3.05, 3.63) is 18.2 Å². The molecule has 1 heterocycles. The van der Waals surface area contributed by atoms with Crippen LogP contribution in [0.2, 0.25) is 0 Å². The number of carboxylic acids is 2. The first-order valence-electron chi connectivity index (χ1n) is 5.42. The maximum Gasteiger partial charge on any atom is 0.340 e. The molecule has 124 valence electrons. The summed E-state index contributed by atoms with van der Waals surface area (Å²) in [5.41, 5.74) is -5.40. The Bertz CT molecular complexity index is 606. The van der Waals surface area contributed by atoms with E-state index in [1.54, 1.807) is 0 Å². The van der Waals surface area contributed by atoms with Gasteiger partial charge in [-0.15, -0.1) is 0 Å². The van der Waals surface area contributed by atoms with E-state index < -0.39 is 50.2 Å². The molecule has 0 amide bonds. The fraction of sp³-hybridized carbons (Fsp3) is 0.375. The molecule has 1 aromatic heterocycles. The van der Waals surface area contributed by atoms with Gasteiger partial charge < -0.3 is 34.8 Å². The number of imidazole rings is 1. The number of nitrogens with zero attached hydrogens (tertiary/aromatic N) is 1. The molecule has 0 radical (unpaired) electrons. The topological polar surface area (TPSA) is 218 Å². The molecule has 0 aliphatic heterocycles. The maximum absolute atomic E-state index is 11.4. The van der Waals surface area contributed by atoms with Crippen molar-refractivity contribution in [3.8, 4) is 0 Å². The van der Waals surface area contributed by atoms with Crippen molar-refractivity contribution in [2.75, 3.05) is 0 Å². The van der Waals surface area contributed by atoms with Gasteiger partial charge in [-0.05, 0) is 0 Å². The van der Waals surface area contributed by atoms with Crippen LogP contribution in [-0.4, -0.2) is 63.0 Å². The van der Waals surface area contributed by atoms with E-state index in [0.29, 0.717) is 0 Å². The molecule has 7 N–H and O–H groups in total. The van der Waals surface area contributed by atoms with Crippen molar-refractivity contribution in [1.29, 1.82) is 0 Å². The van der Waals surface area contributed by atoms with Crippen LogP contribution in [0.3, 0.4) is 0 Å². The summed E-state index contributed by atoms with van der Waals surface area (Å²) in [6.45, 7) is 0. The molecule has 14 heteroatoms. The third kappa shape index (κ3) is 4.01. The number of aliphatic carboxylic acids is 2. The summed E-state index contributed by atoms with van der Waals surface area (Å²) in [5.74, 6) is -7.08. The number of aromatic amines is 1. The monoisotopic (exact) mass is 358 g/mol. The lowest BCUT2D eigenvalue weighted by Gasteiger charge is -2.28. The number of hydrogen-bond donors (Lipinski definition) is 7. The minimum Gasteiger partial charge on any atom is -0.481 e. The molecule has 2 unspecified atom stereocenters. The predicted molar refractivity (Wildman–Crippen MR) is 68.3 cm³/mol. The zero-order chi connectivity index (χ0) is 17.3. The van der Waals surface area contributed by atoms with Gasteiger partial charge in [0.1, 0.15) is 5.82 Å².